The summed E-state index contributed by atoms with van der Waals surface area (Å²) in [4.78, 5) is 2.02. The third-order valence-corrected chi connectivity index (χ3v) is 7.87. The van der Waals surface area contributed by atoms with Crippen molar-refractivity contribution in [3.8, 4) is 0 Å². The third-order valence-electron chi connectivity index (χ3n) is 5.65. The number of benzene rings is 1. The molecule has 1 aromatic carbocycles. The van der Waals surface area contributed by atoms with Crippen LogP contribution in [0.25, 0.3) is 0 Å². The number of aryl methyl sites for hydroxylation is 2. The predicted molar refractivity (Wildman–Crippen MR) is 107 cm³/mol. The van der Waals surface area contributed by atoms with E-state index in [0.29, 0.717) is 6.42 Å². The zero-order valence-corrected chi connectivity index (χ0v) is 17.4. The molecule has 1 aliphatic heterocycles. The Morgan fingerprint density at radius 3 is 2.68 bits per heavy atom. The quantitative estimate of drug-likeness (QED) is 0.801. The molecule has 1 fully saturated rings. The second kappa shape index (κ2) is 6.99. The van der Waals surface area contributed by atoms with Gasteiger partial charge in [-0.2, -0.15) is 0 Å². The van der Waals surface area contributed by atoms with Crippen LogP contribution >= 0.6 is 0 Å². The molecule has 7 heteroatoms. The first kappa shape index (κ1) is 19.6. The van der Waals surface area contributed by atoms with E-state index in [1.165, 1.54) is 0 Å². The van der Waals surface area contributed by atoms with Crippen LogP contribution in [0, 0.1) is 6.92 Å². The van der Waals surface area contributed by atoms with Gasteiger partial charge in [-0.15, -0.1) is 0 Å². The first-order valence-electron chi connectivity index (χ1n) is 9.84. The minimum atomic E-state index is -3.79. The molecule has 2 N–H and O–H groups in total. The number of sulfone groups is 1. The Kier molecular flexibility index (Phi) is 4.90. The highest BCUT2D eigenvalue weighted by Gasteiger charge is 2.60. The van der Waals surface area contributed by atoms with Crippen LogP contribution in [-0.2, 0) is 31.5 Å². The fourth-order valence-electron chi connectivity index (χ4n) is 4.05. The minimum Gasteiger partial charge on any atom is -0.365 e. The SMILES string of the molecule is Cc1ccc(S(=O)(=O)C2(CNC(C)C)COC3(CCCc4[nH]ccc43)O2)cc1. The minimum absolute atomic E-state index is 0.00640. The smallest absolute Gasteiger partial charge is 0.212 e. The van der Waals surface area contributed by atoms with E-state index in [1.807, 2.05) is 45.2 Å². The Labute approximate surface area is 166 Å². The summed E-state index contributed by atoms with van der Waals surface area (Å²) in [6, 6.07) is 9.00. The number of H-pyrrole nitrogens is 1. The number of hydrogen-bond acceptors (Lipinski definition) is 5. The van der Waals surface area contributed by atoms with Crippen molar-refractivity contribution in [2.75, 3.05) is 13.2 Å². The zero-order valence-electron chi connectivity index (χ0n) is 16.6. The molecule has 4 rings (SSSR count). The molecule has 2 aromatic rings. The topological polar surface area (TPSA) is 80.4 Å². The van der Waals surface area contributed by atoms with E-state index < -0.39 is 20.6 Å². The zero-order chi connectivity index (χ0) is 20.0. The van der Waals surface area contributed by atoms with E-state index in [2.05, 4.69) is 10.3 Å². The fourth-order valence-corrected chi connectivity index (χ4v) is 5.70. The molecule has 2 unspecified atom stereocenters. The van der Waals surface area contributed by atoms with Crippen LogP contribution < -0.4 is 5.32 Å². The lowest BCUT2D eigenvalue weighted by atomic mass is 9.92. The average molecular weight is 405 g/mol. The first-order chi connectivity index (χ1) is 13.3. The van der Waals surface area contributed by atoms with Crippen LogP contribution in [0.5, 0.6) is 0 Å². The Morgan fingerprint density at radius 1 is 1.21 bits per heavy atom. The van der Waals surface area contributed by atoms with Crippen molar-refractivity contribution in [1.29, 1.82) is 0 Å². The van der Waals surface area contributed by atoms with Crippen molar-refractivity contribution in [3.63, 3.8) is 0 Å². The molecular formula is C21H28N2O4S. The molecule has 6 nitrogen and oxygen atoms in total. The Balaban J connectivity index is 1.76. The van der Waals surface area contributed by atoms with E-state index in [-0.39, 0.29) is 24.1 Å². The number of ether oxygens (including phenoxy) is 2. The summed E-state index contributed by atoms with van der Waals surface area (Å²) in [6.07, 6.45) is 4.31. The van der Waals surface area contributed by atoms with E-state index in [4.69, 9.17) is 9.47 Å². The molecule has 28 heavy (non-hydrogen) atoms. The Morgan fingerprint density at radius 2 is 1.96 bits per heavy atom. The lowest BCUT2D eigenvalue weighted by Crippen LogP contribution is -2.52. The van der Waals surface area contributed by atoms with E-state index in [0.717, 1.165) is 29.7 Å². The maximum Gasteiger partial charge on any atom is 0.212 e. The Bertz CT molecular complexity index is 951. The second-order valence-electron chi connectivity index (χ2n) is 8.13. The Hall–Kier alpha value is -1.67. The number of aromatic amines is 1. The fraction of sp³-hybridized carbons (Fsp3) is 0.524. The number of aromatic nitrogens is 1. The average Bonchev–Trinajstić information content (AvgIpc) is 3.28. The number of rotatable bonds is 5. The molecule has 2 aliphatic rings. The van der Waals surface area contributed by atoms with Crippen LogP contribution in [0.4, 0.5) is 0 Å². The molecule has 0 radical (unpaired) electrons. The van der Waals surface area contributed by atoms with Gasteiger partial charge >= 0.3 is 0 Å². The summed E-state index contributed by atoms with van der Waals surface area (Å²) < 4.78 is 40.1. The van der Waals surface area contributed by atoms with Crippen LogP contribution in [-0.4, -0.2) is 37.5 Å². The first-order valence-corrected chi connectivity index (χ1v) is 11.3. The van der Waals surface area contributed by atoms with Gasteiger partial charge in [0.05, 0.1) is 11.5 Å². The molecule has 1 aromatic heterocycles. The van der Waals surface area contributed by atoms with Gasteiger partial charge in [0.15, 0.2) is 5.79 Å². The highest BCUT2D eigenvalue weighted by atomic mass is 32.2. The van der Waals surface area contributed by atoms with Gasteiger partial charge in [-0.05, 0) is 38.0 Å². The van der Waals surface area contributed by atoms with Gasteiger partial charge in [0.2, 0.25) is 14.8 Å². The van der Waals surface area contributed by atoms with Crippen LogP contribution in [0.3, 0.4) is 0 Å². The summed E-state index contributed by atoms with van der Waals surface area (Å²) in [5.41, 5.74) is 2.99. The number of nitrogens with one attached hydrogen (secondary N) is 2. The highest BCUT2D eigenvalue weighted by molar-refractivity contribution is 7.92. The van der Waals surface area contributed by atoms with Crippen molar-refractivity contribution in [3.05, 3.63) is 53.3 Å². The maximum atomic E-state index is 13.7. The largest absolute Gasteiger partial charge is 0.365 e. The van der Waals surface area contributed by atoms with Gasteiger partial charge in [-0.3, -0.25) is 0 Å². The molecule has 0 bridgehead atoms. The monoisotopic (exact) mass is 404 g/mol. The highest BCUT2D eigenvalue weighted by Crippen LogP contribution is 2.49. The molecule has 0 saturated carbocycles. The summed E-state index contributed by atoms with van der Waals surface area (Å²) >= 11 is 0. The van der Waals surface area contributed by atoms with Gasteiger partial charge in [-0.25, -0.2) is 8.42 Å². The van der Waals surface area contributed by atoms with Crippen molar-refractivity contribution in [2.24, 2.45) is 0 Å². The molecule has 1 spiro atoms. The third kappa shape index (κ3) is 3.10. The van der Waals surface area contributed by atoms with E-state index in [1.54, 1.807) is 12.1 Å². The summed E-state index contributed by atoms with van der Waals surface area (Å²) in [6.45, 7) is 6.08. The molecular weight excluding hydrogens is 376 g/mol. The van der Waals surface area contributed by atoms with E-state index >= 15 is 0 Å². The molecule has 152 valence electrons. The van der Waals surface area contributed by atoms with Gasteiger partial charge in [0.25, 0.3) is 0 Å². The standard InChI is InChI=1S/C21H28N2O4S/c1-15(2)23-13-20(28(24,25)17-8-6-16(3)7-9-17)14-26-21(27-20)11-4-5-19-18(21)10-12-22-19/h6-10,12,15,22-23H,4-5,11,13-14H2,1-3H3. The van der Waals surface area contributed by atoms with Crippen molar-refractivity contribution < 1.29 is 17.9 Å². The van der Waals surface area contributed by atoms with E-state index in [9.17, 15) is 8.42 Å². The van der Waals surface area contributed by atoms with Crippen LogP contribution in [0.1, 0.15) is 43.5 Å². The van der Waals surface area contributed by atoms with Gasteiger partial charge in [0, 0.05) is 36.5 Å². The second-order valence-corrected chi connectivity index (χ2v) is 10.4. The molecule has 1 saturated heterocycles. The van der Waals surface area contributed by atoms with Crippen molar-refractivity contribution >= 4 is 9.84 Å². The molecule has 1 aliphatic carbocycles. The molecule has 2 heterocycles. The molecule has 0 amide bonds. The summed E-state index contributed by atoms with van der Waals surface area (Å²) in [7, 11) is -3.79. The summed E-state index contributed by atoms with van der Waals surface area (Å²) in [5, 5.41) is 3.26. The lowest BCUT2D eigenvalue weighted by molar-refractivity contribution is -0.191. The predicted octanol–water partition coefficient (Wildman–Crippen LogP) is 3.03. The van der Waals surface area contributed by atoms with Gasteiger partial charge < -0.3 is 19.8 Å². The van der Waals surface area contributed by atoms with Crippen molar-refractivity contribution in [1.82, 2.24) is 10.3 Å². The number of fused-ring (bicyclic) bond motifs is 2. The van der Waals surface area contributed by atoms with Crippen LogP contribution in [0.15, 0.2) is 41.4 Å². The molecule has 2 atom stereocenters. The summed E-state index contributed by atoms with van der Waals surface area (Å²) in [5.74, 6) is -1.01. The lowest BCUT2D eigenvalue weighted by Gasteiger charge is -2.35. The number of hydrogen-bond donors (Lipinski definition) is 2. The van der Waals surface area contributed by atoms with Gasteiger partial charge in [-0.1, -0.05) is 31.5 Å². The van der Waals surface area contributed by atoms with Crippen LogP contribution in [0.2, 0.25) is 0 Å². The van der Waals surface area contributed by atoms with Crippen molar-refractivity contribution in [2.45, 2.75) is 61.7 Å². The van der Waals surface area contributed by atoms with Gasteiger partial charge in [0.1, 0.15) is 0 Å². The maximum absolute atomic E-state index is 13.7. The normalized spacial score (nSPS) is 27.4.